The van der Waals surface area contributed by atoms with Crippen molar-refractivity contribution in [3.05, 3.63) is 0 Å². The van der Waals surface area contributed by atoms with Gasteiger partial charge in [-0.05, 0) is 31.6 Å². The molecular weight excluding hydrogens is 1340 g/mol. The quantitative estimate of drug-likeness (QED) is 0.0222. The summed E-state index contributed by atoms with van der Waals surface area (Å²) in [4.78, 5) is 73.0. The largest absolute Gasteiger partial charge is 0.472 e. The Morgan fingerprint density at radius 2 is 0.447 bits per heavy atom. The lowest BCUT2D eigenvalue weighted by molar-refractivity contribution is -0.161. The monoisotopic (exact) mass is 1510 g/mol. The van der Waals surface area contributed by atoms with Crippen LogP contribution < -0.4 is 0 Å². The Bertz CT molecular complexity index is 1960. The third-order valence-electron chi connectivity index (χ3n) is 19.8. The zero-order chi connectivity index (χ0) is 75.5. The van der Waals surface area contributed by atoms with Crippen molar-refractivity contribution in [3.8, 4) is 0 Å². The van der Waals surface area contributed by atoms with E-state index >= 15 is 0 Å². The summed E-state index contributed by atoms with van der Waals surface area (Å²) < 4.78 is 68.7. The molecule has 0 aromatic carbocycles. The Hall–Kier alpha value is -1.94. The molecule has 0 fully saturated rings. The van der Waals surface area contributed by atoms with Crippen LogP contribution in [-0.4, -0.2) is 96.7 Å². The lowest BCUT2D eigenvalue weighted by Crippen LogP contribution is -2.30. The van der Waals surface area contributed by atoms with E-state index in [1.54, 1.807) is 0 Å². The fourth-order valence-corrected chi connectivity index (χ4v) is 14.7. The molecule has 5 atom stereocenters. The van der Waals surface area contributed by atoms with Gasteiger partial charge in [0.25, 0.3) is 0 Å². The summed E-state index contributed by atoms with van der Waals surface area (Å²) >= 11 is 0. The summed E-state index contributed by atoms with van der Waals surface area (Å²) in [5, 5.41) is 10.6. The molecule has 0 amide bonds. The van der Waals surface area contributed by atoms with Crippen LogP contribution in [0.5, 0.6) is 0 Å². The molecule has 0 aromatic rings. The van der Waals surface area contributed by atoms with Crippen LogP contribution in [0.3, 0.4) is 0 Å². The zero-order valence-corrected chi connectivity index (χ0v) is 69.3. The van der Waals surface area contributed by atoms with E-state index < -0.39 is 97.5 Å². The summed E-state index contributed by atoms with van der Waals surface area (Å²) in [5.74, 6) is -1.39. The number of aliphatic hydroxyl groups is 1. The number of carbonyl (C=O) groups excluding carboxylic acids is 4. The van der Waals surface area contributed by atoms with Gasteiger partial charge in [-0.3, -0.25) is 37.3 Å². The number of ether oxygens (including phenoxy) is 4. The van der Waals surface area contributed by atoms with E-state index in [1.165, 1.54) is 276 Å². The first kappa shape index (κ1) is 101. The molecule has 612 valence electrons. The number of carbonyl (C=O) groups is 4. The maximum Gasteiger partial charge on any atom is 0.472 e. The number of phosphoric acid groups is 2. The summed E-state index contributed by atoms with van der Waals surface area (Å²) in [5.41, 5.74) is 0. The van der Waals surface area contributed by atoms with Crippen LogP contribution in [-0.2, 0) is 65.4 Å². The molecule has 19 heteroatoms. The second kappa shape index (κ2) is 76.8. The Balaban J connectivity index is 5.18. The molecule has 17 nitrogen and oxygen atoms in total. The van der Waals surface area contributed by atoms with Crippen molar-refractivity contribution >= 4 is 39.5 Å². The summed E-state index contributed by atoms with van der Waals surface area (Å²) in [6, 6.07) is 0. The zero-order valence-electron chi connectivity index (χ0n) is 67.5. The lowest BCUT2D eigenvalue weighted by Gasteiger charge is -2.21. The molecule has 0 aliphatic heterocycles. The molecule has 0 saturated carbocycles. The molecule has 0 aliphatic carbocycles. The number of aliphatic hydroxyl groups excluding tert-OH is 1. The molecule has 0 spiro atoms. The third-order valence-corrected chi connectivity index (χ3v) is 21.7. The number of phosphoric ester groups is 2. The molecule has 0 aromatic heterocycles. The minimum atomic E-state index is -4.96. The molecule has 2 unspecified atom stereocenters. The van der Waals surface area contributed by atoms with Gasteiger partial charge in [0.05, 0.1) is 26.4 Å². The summed E-state index contributed by atoms with van der Waals surface area (Å²) in [6.07, 6.45) is 69.7. The Kier molecular flexibility index (Phi) is 75.4. The number of hydrogen-bond acceptors (Lipinski definition) is 15. The minimum absolute atomic E-state index is 0.105. The maximum absolute atomic E-state index is 13.1. The highest BCUT2D eigenvalue weighted by molar-refractivity contribution is 7.47. The highest BCUT2D eigenvalue weighted by atomic mass is 31.2. The highest BCUT2D eigenvalue weighted by Gasteiger charge is 2.30. The molecule has 3 N–H and O–H groups in total. The lowest BCUT2D eigenvalue weighted by atomic mass is 10.0. The second-order valence-electron chi connectivity index (χ2n) is 30.7. The van der Waals surface area contributed by atoms with Gasteiger partial charge in [0, 0.05) is 25.7 Å². The van der Waals surface area contributed by atoms with Gasteiger partial charge in [0.1, 0.15) is 19.3 Å². The maximum atomic E-state index is 13.1. The average Bonchev–Trinajstić information content (AvgIpc) is 0.922. The van der Waals surface area contributed by atoms with E-state index in [4.69, 9.17) is 37.0 Å². The Morgan fingerprint density at radius 3 is 0.660 bits per heavy atom. The van der Waals surface area contributed by atoms with Gasteiger partial charge in [-0.25, -0.2) is 9.13 Å². The number of hydrogen-bond donors (Lipinski definition) is 3. The van der Waals surface area contributed by atoms with Crippen molar-refractivity contribution in [2.24, 2.45) is 5.92 Å². The van der Waals surface area contributed by atoms with E-state index in [-0.39, 0.29) is 25.7 Å². The smallest absolute Gasteiger partial charge is 0.462 e. The second-order valence-corrected chi connectivity index (χ2v) is 33.6. The highest BCUT2D eigenvalue weighted by Crippen LogP contribution is 2.45. The summed E-state index contributed by atoms with van der Waals surface area (Å²) in [7, 11) is -9.92. The van der Waals surface area contributed by atoms with Gasteiger partial charge in [0.15, 0.2) is 12.2 Å². The molecule has 0 bridgehead atoms. The Morgan fingerprint density at radius 1 is 0.262 bits per heavy atom. The molecular formula is C84H164O17P2. The van der Waals surface area contributed by atoms with Crippen LogP contribution >= 0.6 is 15.6 Å². The van der Waals surface area contributed by atoms with Gasteiger partial charge in [-0.2, -0.15) is 0 Å². The third kappa shape index (κ3) is 78.0. The van der Waals surface area contributed by atoms with E-state index in [2.05, 4.69) is 34.6 Å². The molecule has 0 heterocycles. The standard InChI is InChI=1S/C84H164O17P2/c1-6-9-12-15-18-21-24-26-28-30-32-34-36-38-40-42-44-47-53-58-63-68-82(87)95-73-79(100-83(88)69-64-59-54-48-45-43-41-39-37-35-33-31-29-27-25-22-19-16-13-10-7-2)75-98-102(90,91)96-71-78(85)72-97-103(92,93)99-76-80(74-94-81(86)67-62-57-52-46-23-20-17-14-11-8-3)101-84(89)70-65-60-55-50-49-51-56-61-66-77(4)5/h77-80,85H,6-76H2,1-5H3,(H,90,91)(H,92,93)/t78-,79-,80-/m1/s1. The fraction of sp³-hybridized carbons (Fsp3) is 0.952. The van der Waals surface area contributed by atoms with E-state index in [0.717, 1.165) is 95.8 Å². The van der Waals surface area contributed by atoms with E-state index in [1.807, 2.05) is 0 Å². The van der Waals surface area contributed by atoms with Crippen molar-refractivity contribution in [2.45, 2.75) is 470 Å². The van der Waals surface area contributed by atoms with Gasteiger partial charge in [-0.15, -0.1) is 0 Å². The fourth-order valence-electron chi connectivity index (χ4n) is 13.1. The SMILES string of the molecule is CCCCCCCCCCCCCCCCCCCCCCCC(=O)OC[C@H](COP(=O)(O)OC[C@@H](O)COP(=O)(O)OC[C@@H](COC(=O)CCCCCCCCCCCC)OC(=O)CCCCCCCCCCC(C)C)OC(=O)CCCCCCCCCCCCCCCCCCCCCCC. The minimum Gasteiger partial charge on any atom is -0.462 e. The predicted octanol–water partition coefficient (Wildman–Crippen LogP) is 25.6. The van der Waals surface area contributed by atoms with Crippen molar-refractivity contribution in [1.82, 2.24) is 0 Å². The molecule has 103 heavy (non-hydrogen) atoms. The molecule has 0 rings (SSSR count). The van der Waals surface area contributed by atoms with E-state index in [9.17, 15) is 43.2 Å². The van der Waals surface area contributed by atoms with Crippen LogP contribution in [0.25, 0.3) is 0 Å². The molecule has 0 saturated heterocycles. The van der Waals surface area contributed by atoms with E-state index in [0.29, 0.717) is 25.7 Å². The van der Waals surface area contributed by atoms with Crippen LogP contribution in [0.15, 0.2) is 0 Å². The normalized spacial score (nSPS) is 13.8. The molecule has 0 radical (unpaired) electrons. The number of esters is 4. The first-order valence-electron chi connectivity index (χ1n) is 43.6. The van der Waals surface area contributed by atoms with Gasteiger partial charge >= 0.3 is 39.5 Å². The van der Waals surface area contributed by atoms with Crippen LogP contribution in [0.4, 0.5) is 0 Å². The predicted molar refractivity (Wildman–Crippen MR) is 423 cm³/mol. The number of rotatable bonds is 84. The van der Waals surface area contributed by atoms with Crippen LogP contribution in [0, 0.1) is 5.92 Å². The Labute approximate surface area is 632 Å². The van der Waals surface area contributed by atoms with Crippen LogP contribution in [0.1, 0.15) is 452 Å². The topological polar surface area (TPSA) is 237 Å². The first-order chi connectivity index (χ1) is 50.0. The van der Waals surface area contributed by atoms with Crippen molar-refractivity contribution in [1.29, 1.82) is 0 Å². The van der Waals surface area contributed by atoms with Gasteiger partial charge < -0.3 is 33.8 Å². The molecule has 0 aliphatic rings. The van der Waals surface area contributed by atoms with Crippen LogP contribution in [0.2, 0.25) is 0 Å². The number of unbranched alkanes of at least 4 members (excludes halogenated alkanes) is 56. The average molecular weight is 1510 g/mol. The van der Waals surface area contributed by atoms with Crippen molar-refractivity contribution in [3.63, 3.8) is 0 Å². The first-order valence-corrected chi connectivity index (χ1v) is 46.6. The van der Waals surface area contributed by atoms with Crippen molar-refractivity contribution in [2.75, 3.05) is 39.6 Å². The summed E-state index contributed by atoms with van der Waals surface area (Å²) in [6.45, 7) is 7.29. The van der Waals surface area contributed by atoms with Gasteiger partial charge in [0.2, 0.25) is 0 Å². The van der Waals surface area contributed by atoms with Crippen molar-refractivity contribution < 1.29 is 80.2 Å². The van der Waals surface area contributed by atoms with Gasteiger partial charge in [-0.1, -0.05) is 401 Å².